The maximum atomic E-state index is 12.7. The lowest BCUT2D eigenvalue weighted by atomic mass is 10.2. The van der Waals surface area contributed by atoms with Gasteiger partial charge < -0.3 is 25.6 Å². The van der Waals surface area contributed by atoms with Crippen LogP contribution in [0.5, 0.6) is 0 Å². The molecule has 0 aromatic carbocycles. The Morgan fingerprint density at radius 3 is 2.72 bits per heavy atom. The third-order valence-corrected chi connectivity index (χ3v) is 5.59. The summed E-state index contributed by atoms with van der Waals surface area (Å²) < 4.78 is 5.39. The summed E-state index contributed by atoms with van der Waals surface area (Å²) in [6.07, 6.45) is 2.05. The van der Waals surface area contributed by atoms with Gasteiger partial charge in [0.1, 0.15) is 5.82 Å². The average Bonchev–Trinajstić information content (AvgIpc) is 3.17. The smallest absolute Gasteiger partial charge is 0.314 e. The zero-order valence-corrected chi connectivity index (χ0v) is 19.9. The molecule has 3 N–H and O–H groups in total. The van der Waals surface area contributed by atoms with Crippen LogP contribution in [-0.4, -0.2) is 72.4 Å². The van der Waals surface area contributed by atoms with Gasteiger partial charge in [0.05, 0.1) is 34.8 Å². The molecule has 2 aromatic rings. The number of hydrogen-bond donors (Lipinski definition) is 3. The van der Waals surface area contributed by atoms with E-state index in [1.165, 1.54) is 23.6 Å². The predicted molar refractivity (Wildman–Crippen MR) is 123 cm³/mol. The maximum absolute atomic E-state index is 12.7. The summed E-state index contributed by atoms with van der Waals surface area (Å²) in [5.41, 5.74) is 0.895. The Morgan fingerprint density at radius 2 is 2.06 bits per heavy atom. The molecule has 0 saturated heterocycles. The number of nitrogens with zero attached hydrogens (tertiary/aromatic N) is 3. The van der Waals surface area contributed by atoms with Gasteiger partial charge in [0, 0.05) is 25.7 Å². The second-order valence-electron chi connectivity index (χ2n) is 7.15. The van der Waals surface area contributed by atoms with E-state index in [1.807, 2.05) is 19.0 Å². The summed E-state index contributed by atoms with van der Waals surface area (Å²) in [6.45, 7) is 1.59. The fourth-order valence-electron chi connectivity index (χ4n) is 2.89. The van der Waals surface area contributed by atoms with Crippen molar-refractivity contribution < 1.29 is 19.1 Å². The molecule has 0 bridgehead atoms. The number of carbonyl (C=O) groups excluding carboxylic acids is 3. The van der Waals surface area contributed by atoms with Crippen LogP contribution in [0.25, 0.3) is 0 Å². The van der Waals surface area contributed by atoms with Crippen LogP contribution < -0.4 is 16.0 Å². The summed E-state index contributed by atoms with van der Waals surface area (Å²) in [5, 5.41) is 8.58. The monoisotopic (exact) mass is 502 g/mol. The van der Waals surface area contributed by atoms with E-state index in [9.17, 15) is 14.4 Å². The van der Waals surface area contributed by atoms with Gasteiger partial charge in [-0.15, -0.1) is 23.7 Å². The van der Waals surface area contributed by atoms with E-state index in [0.29, 0.717) is 36.2 Å². The molecule has 0 spiro atoms. The second kappa shape index (κ2) is 12.1. The number of nitrogens with one attached hydrogen (secondary N) is 3. The Balaban J connectivity index is 0.00000363. The van der Waals surface area contributed by atoms with Crippen molar-refractivity contribution in [1.29, 1.82) is 0 Å². The molecule has 0 saturated carbocycles. The molecule has 3 rings (SSSR count). The van der Waals surface area contributed by atoms with Crippen molar-refractivity contribution in [3.8, 4) is 0 Å². The molecule has 174 valence electrons. The lowest BCUT2D eigenvalue weighted by molar-refractivity contribution is -0.136. The highest BCUT2D eigenvalue weighted by Gasteiger charge is 2.23. The molecular weight excluding hydrogens is 479 g/mol. The van der Waals surface area contributed by atoms with E-state index in [1.54, 1.807) is 6.07 Å². The van der Waals surface area contributed by atoms with Gasteiger partial charge in [0.2, 0.25) is 0 Å². The lowest BCUT2D eigenvalue weighted by Crippen LogP contribution is -2.50. The standard InChI is InChI=1S/C19H23ClN6O4S.ClH/c1-26(2)9-12(23-18(29)19-24-13-5-6-30-10-14(13)31-19)8-22-16(27)17(28)25-15-4-3-11(20)7-21-15;/h3-4,7,12H,5-6,8-10H2,1-2H3,(H,22,27)(H,23,29)(H,21,25,28);1H/t12-;/m0./s1. The Hall–Kier alpha value is -2.31. The van der Waals surface area contributed by atoms with E-state index in [4.69, 9.17) is 16.3 Å². The average molecular weight is 503 g/mol. The van der Waals surface area contributed by atoms with Crippen LogP contribution in [0.2, 0.25) is 5.02 Å². The summed E-state index contributed by atoms with van der Waals surface area (Å²) in [7, 11) is 3.69. The SMILES string of the molecule is CN(C)C[C@H](CNC(=O)C(=O)Nc1ccc(Cl)cn1)NC(=O)c1nc2c(s1)COCC2.Cl. The number of aromatic nitrogens is 2. The van der Waals surface area contributed by atoms with Crippen molar-refractivity contribution in [3.63, 3.8) is 0 Å². The van der Waals surface area contributed by atoms with E-state index < -0.39 is 17.9 Å². The number of rotatable bonds is 7. The minimum absolute atomic E-state index is 0. The lowest BCUT2D eigenvalue weighted by Gasteiger charge is -2.22. The van der Waals surface area contributed by atoms with Crippen molar-refractivity contribution in [1.82, 2.24) is 25.5 Å². The largest absolute Gasteiger partial charge is 0.375 e. The highest BCUT2D eigenvalue weighted by molar-refractivity contribution is 7.13. The van der Waals surface area contributed by atoms with Crippen LogP contribution >= 0.6 is 35.3 Å². The van der Waals surface area contributed by atoms with Gasteiger partial charge in [-0.1, -0.05) is 11.6 Å². The van der Waals surface area contributed by atoms with Crippen LogP contribution in [0.4, 0.5) is 5.82 Å². The minimum atomic E-state index is -0.864. The highest BCUT2D eigenvalue weighted by atomic mass is 35.5. The number of ether oxygens (including phenoxy) is 1. The van der Waals surface area contributed by atoms with Crippen molar-refractivity contribution in [2.24, 2.45) is 0 Å². The third kappa shape index (κ3) is 7.38. The first-order valence-electron chi connectivity index (χ1n) is 9.54. The van der Waals surface area contributed by atoms with Gasteiger partial charge in [0.25, 0.3) is 5.91 Å². The summed E-state index contributed by atoms with van der Waals surface area (Å²) in [5.74, 6) is -1.82. The minimum Gasteiger partial charge on any atom is -0.375 e. The first kappa shape index (κ1) is 25.9. The summed E-state index contributed by atoms with van der Waals surface area (Å²) in [6, 6.07) is 2.61. The highest BCUT2D eigenvalue weighted by Crippen LogP contribution is 2.23. The Morgan fingerprint density at radius 1 is 1.28 bits per heavy atom. The molecule has 3 heterocycles. The zero-order valence-electron chi connectivity index (χ0n) is 17.5. The number of likely N-dealkylation sites (N-methyl/N-ethyl adjacent to an activating group) is 1. The molecule has 0 aliphatic carbocycles. The number of halogens is 2. The fourth-order valence-corrected chi connectivity index (χ4v) is 3.95. The van der Waals surface area contributed by atoms with Crippen LogP contribution in [0.15, 0.2) is 18.3 Å². The normalized spacial score (nSPS) is 13.5. The Bertz CT molecular complexity index is 930. The van der Waals surface area contributed by atoms with Gasteiger partial charge in [-0.3, -0.25) is 14.4 Å². The predicted octanol–water partition coefficient (Wildman–Crippen LogP) is 1.10. The molecule has 1 aliphatic heterocycles. The van der Waals surface area contributed by atoms with Gasteiger partial charge in [-0.05, 0) is 26.2 Å². The molecular formula is C19H24Cl2N6O4S. The van der Waals surface area contributed by atoms with Gasteiger partial charge in [-0.25, -0.2) is 9.97 Å². The molecule has 1 aliphatic rings. The third-order valence-electron chi connectivity index (χ3n) is 4.29. The van der Waals surface area contributed by atoms with E-state index >= 15 is 0 Å². The maximum Gasteiger partial charge on any atom is 0.314 e. The molecule has 1 atom stereocenters. The van der Waals surface area contributed by atoms with Gasteiger partial charge >= 0.3 is 11.8 Å². The second-order valence-corrected chi connectivity index (χ2v) is 8.67. The quantitative estimate of drug-likeness (QED) is 0.484. The molecule has 32 heavy (non-hydrogen) atoms. The van der Waals surface area contributed by atoms with E-state index in [0.717, 1.165) is 10.6 Å². The van der Waals surface area contributed by atoms with Crippen molar-refractivity contribution in [2.45, 2.75) is 19.1 Å². The Labute approximate surface area is 200 Å². The molecule has 2 aromatic heterocycles. The van der Waals surface area contributed by atoms with E-state index in [-0.39, 0.29) is 30.7 Å². The van der Waals surface area contributed by atoms with Gasteiger partial charge in [-0.2, -0.15) is 0 Å². The number of amides is 3. The topological polar surface area (TPSA) is 126 Å². The zero-order chi connectivity index (χ0) is 22.4. The molecule has 3 amide bonds. The molecule has 10 nitrogen and oxygen atoms in total. The molecule has 13 heteroatoms. The number of anilines is 1. The number of thiazole rings is 1. The van der Waals surface area contributed by atoms with E-state index in [2.05, 4.69) is 25.9 Å². The van der Waals surface area contributed by atoms with Crippen molar-refractivity contribution in [2.75, 3.05) is 39.1 Å². The summed E-state index contributed by atoms with van der Waals surface area (Å²) >= 11 is 7.06. The Kier molecular flexibility index (Phi) is 9.79. The first-order valence-corrected chi connectivity index (χ1v) is 10.7. The van der Waals surface area contributed by atoms with Gasteiger partial charge in [0.15, 0.2) is 5.01 Å². The number of carbonyl (C=O) groups is 3. The molecule has 0 fully saturated rings. The first-order chi connectivity index (χ1) is 14.8. The molecule has 0 radical (unpaired) electrons. The number of pyridine rings is 1. The van der Waals surface area contributed by atoms with Crippen molar-refractivity contribution >= 4 is 58.9 Å². The fraction of sp³-hybridized carbons (Fsp3) is 0.421. The van der Waals surface area contributed by atoms with Crippen LogP contribution in [-0.2, 0) is 27.4 Å². The number of hydrogen-bond acceptors (Lipinski definition) is 8. The summed E-state index contributed by atoms with van der Waals surface area (Å²) in [4.78, 5) is 48.1. The number of fused-ring (bicyclic) bond motifs is 1. The van der Waals surface area contributed by atoms with Crippen LogP contribution in [0.3, 0.4) is 0 Å². The van der Waals surface area contributed by atoms with Crippen LogP contribution in [0.1, 0.15) is 20.4 Å². The van der Waals surface area contributed by atoms with Crippen molar-refractivity contribution in [3.05, 3.63) is 38.9 Å². The van der Waals surface area contributed by atoms with Crippen LogP contribution in [0, 0.1) is 0 Å². The molecule has 0 unspecified atom stereocenters.